The average molecular weight is 387 g/mol. The first-order chi connectivity index (χ1) is 12.6. The number of carbonyl (C=O) groups excluding carboxylic acids is 2. The van der Waals surface area contributed by atoms with Gasteiger partial charge in [0, 0.05) is 0 Å². The lowest BCUT2D eigenvalue weighted by molar-refractivity contribution is 0.102. The Balaban J connectivity index is 1.80. The summed E-state index contributed by atoms with van der Waals surface area (Å²) >= 11 is 7.37. The Labute approximate surface area is 159 Å². The SMILES string of the molecule is CCc1nnc(NC(=O)c2ccccc2NC(=O)c2ccccc2Cl)s1. The van der Waals surface area contributed by atoms with Crippen molar-refractivity contribution in [2.75, 3.05) is 10.6 Å². The molecule has 0 aliphatic carbocycles. The van der Waals surface area contributed by atoms with E-state index in [0.29, 0.717) is 27.0 Å². The van der Waals surface area contributed by atoms with Crippen molar-refractivity contribution >= 4 is 45.6 Å². The molecular weight excluding hydrogens is 372 g/mol. The minimum atomic E-state index is -0.389. The molecule has 3 aromatic rings. The largest absolute Gasteiger partial charge is 0.321 e. The Hall–Kier alpha value is -2.77. The van der Waals surface area contributed by atoms with Gasteiger partial charge in [0.15, 0.2) is 0 Å². The lowest BCUT2D eigenvalue weighted by atomic mass is 10.1. The van der Waals surface area contributed by atoms with Crippen LogP contribution >= 0.6 is 22.9 Å². The number of carbonyl (C=O) groups is 2. The van der Waals surface area contributed by atoms with Gasteiger partial charge in [0.1, 0.15) is 5.01 Å². The fraction of sp³-hybridized carbons (Fsp3) is 0.111. The van der Waals surface area contributed by atoms with Crippen molar-refractivity contribution < 1.29 is 9.59 Å². The first-order valence-electron chi connectivity index (χ1n) is 7.87. The molecule has 0 radical (unpaired) electrons. The summed E-state index contributed by atoms with van der Waals surface area (Å²) in [6, 6.07) is 13.5. The van der Waals surface area contributed by atoms with Gasteiger partial charge in [-0.2, -0.15) is 0 Å². The molecule has 1 heterocycles. The summed E-state index contributed by atoms with van der Waals surface area (Å²) in [4.78, 5) is 25.0. The van der Waals surface area contributed by atoms with Crippen molar-refractivity contribution in [2.45, 2.75) is 13.3 Å². The Kier molecular flexibility index (Phi) is 5.60. The highest BCUT2D eigenvalue weighted by atomic mass is 35.5. The fourth-order valence-corrected chi connectivity index (χ4v) is 3.13. The van der Waals surface area contributed by atoms with E-state index in [1.54, 1.807) is 48.5 Å². The molecule has 0 bridgehead atoms. The maximum absolute atomic E-state index is 12.6. The Morgan fingerprint density at radius 3 is 2.31 bits per heavy atom. The zero-order chi connectivity index (χ0) is 18.5. The van der Waals surface area contributed by atoms with Crippen molar-refractivity contribution in [3.63, 3.8) is 0 Å². The highest BCUT2D eigenvalue weighted by Gasteiger charge is 2.16. The molecule has 26 heavy (non-hydrogen) atoms. The van der Waals surface area contributed by atoms with Crippen LogP contribution in [0.15, 0.2) is 48.5 Å². The van der Waals surface area contributed by atoms with Crippen LogP contribution in [-0.2, 0) is 6.42 Å². The summed E-state index contributed by atoms with van der Waals surface area (Å²) in [5.74, 6) is -0.765. The van der Waals surface area contributed by atoms with Gasteiger partial charge >= 0.3 is 0 Å². The lowest BCUT2D eigenvalue weighted by Crippen LogP contribution is -2.18. The van der Waals surface area contributed by atoms with Crippen LogP contribution in [0.25, 0.3) is 0 Å². The number of amides is 2. The number of hydrogen-bond donors (Lipinski definition) is 2. The molecule has 8 heteroatoms. The van der Waals surface area contributed by atoms with Gasteiger partial charge in [-0.25, -0.2) is 0 Å². The van der Waals surface area contributed by atoms with E-state index < -0.39 is 0 Å². The summed E-state index contributed by atoms with van der Waals surface area (Å²) < 4.78 is 0. The maximum Gasteiger partial charge on any atom is 0.259 e. The Bertz CT molecular complexity index is 958. The minimum Gasteiger partial charge on any atom is -0.321 e. The summed E-state index contributed by atoms with van der Waals surface area (Å²) in [5, 5.41) is 14.9. The number of anilines is 2. The Morgan fingerprint density at radius 1 is 0.962 bits per heavy atom. The molecule has 3 rings (SSSR count). The van der Waals surface area contributed by atoms with Crippen LogP contribution in [-0.4, -0.2) is 22.0 Å². The molecule has 0 fully saturated rings. The van der Waals surface area contributed by atoms with Crippen molar-refractivity contribution in [1.29, 1.82) is 0 Å². The molecule has 2 aromatic carbocycles. The maximum atomic E-state index is 12.6. The number of benzene rings is 2. The number of nitrogens with one attached hydrogen (secondary N) is 2. The third-order valence-electron chi connectivity index (χ3n) is 3.53. The summed E-state index contributed by atoms with van der Waals surface area (Å²) in [6.07, 6.45) is 0.748. The minimum absolute atomic E-state index is 0.321. The molecule has 6 nitrogen and oxygen atoms in total. The van der Waals surface area contributed by atoms with E-state index in [4.69, 9.17) is 11.6 Å². The van der Waals surface area contributed by atoms with Crippen LogP contribution in [0.2, 0.25) is 5.02 Å². The van der Waals surface area contributed by atoms with Crippen molar-refractivity contribution in [3.05, 3.63) is 69.7 Å². The van der Waals surface area contributed by atoms with E-state index in [0.717, 1.165) is 11.4 Å². The molecule has 0 aliphatic rings. The van der Waals surface area contributed by atoms with Crippen LogP contribution < -0.4 is 10.6 Å². The van der Waals surface area contributed by atoms with Gasteiger partial charge in [-0.15, -0.1) is 10.2 Å². The molecule has 132 valence electrons. The van der Waals surface area contributed by atoms with Crippen molar-refractivity contribution in [3.8, 4) is 0 Å². The normalized spacial score (nSPS) is 10.4. The number of aryl methyl sites for hydroxylation is 1. The molecule has 2 amide bonds. The molecule has 0 spiro atoms. The molecule has 0 aliphatic heterocycles. The fourth-order valence-electron chi connectivity index (χ4n) is 2.24. The van der Waals surface area contributed by atoms with Gasteiger partial charge < -0.3 is 5.32 Å². The van der Waals surface area contributed by atoms with Gasteiger partial charge in [0.05, 0.1) is 21.8 Å². The van der Waals surface area contributed by atoms with Crippen LogP contribution in [0.4, 0.5) is 10.8 Å². The molecule has 0 unspecified atom stereocenters. The number of nitrogens with zero attached hydrogens (tertiary/aromatic N) is 2. The van der Waals surface area contributed by atoms with Crippen molar-refractivity contribution in [1.82, 2.24) is 10.2 Å². The second-order valence-electron chi connectivity index (χ2n) is 5.29. The van der Waals surface area contributed by atoms with Crippen LogP contribution in [0.1, 0.15) is 32.6 Å². The summed E-state index contributed by atoms with van der Waals surface area (Å²) in [7, 11) is 0. The molecule has 0 saturated heterocycles. The quantitative estimate of drug-likeness (QED) is 0.686. The highest BCUT2D eigenvalue weighted by molar-refractivity contribution is 7.15. The van der Waals surface area contributed by atoms with Gasteiger partial charge in [0.25, 0.3) is 11.8 Å². The van der Waals surface area contributed by atoms with Gasteiger partial charge in [0.2, 0.25) is 5.13 Å². The smallest absolute Gasteiger partial charge is 0.259 e. The molecule has 0 saturated carbocycles. The van der Waals surface area contributed by atoms with E-state index in [2.05, 4.69) is 20.8 Å². The standard InChI is InChI=1S/C18H15ClN4O2S/c1-2-15-22-23-18(26-15)21-17(25)12-8-4-6-10-14(12)20-16(24)11-7-3-5-9-13(11)19/h3-10H,2H2,1H3,(H,20,24)(H,21,23,25). The van der Waals surface area contributed by atoms with Crippen LogP contribution in [0.5, 0.6) is 0 Å². The zero-order valence-corrected chi connectivity index (χ0v) is 15.4. The zero-order valence-electron chi connectivity index (χ0n) is 13.8. The number of halogens is 1. The van der Waals surface area contributed by atoms with Gasteiger partial charge in [-0.1, -0.05) is 54.1 Å². The molecule has 2 N–H and O–H groups in total. The average Bonchev–Trinajstić information content (AvgIpc) is 3.10. The first kappa shape index (κ1) is 18.0. The monoisotopic (exact) mass is 386 g/mol. The molecule has 1 aromatic heterocycles. The third-order valence-corrected chi connectivity index (χ3v) is 4.84. The second-order valence-corrected chi connectivity index (χ2v) is 6.76. The first-order valence-corrected chi connectivity index (χ1v) is 9.06. The number of rotatable bonds is 5. The van der Waals surface area contributed by atoms with Gasteiger partial charge in [-0.3, -0.25) is 14.9 Å². The molecule has 0 atom stereocenters. The van der Waals surface area contributed by atoms with Crippen molar-refractivity contribution in [2.24, 2.45) is 0 Å². The summed E-state index contributed by atoms with van der Waals surface area (Å²) in [5.41, 5.74) is 1.04. The van der Waals surface area contributed by atoms with E-state index in [1.807, 2.05) is 6.92 Å². The van der Waals surface area contributed by atoms with E-state index >= 15 is 0 Å². The van der Waals surface area contributed by atoms with E-state index in [9.17, 15) is 9.59 Å². The van der Waals surface area contributed by atoms with Crippen LogP contribution in [0.3, 0.4) is 0 Å². The predicted molar refractivity (Wildman–Crippen MR) is 103 cm³/mol. The van der Waals surface area contributed by atoms with Crippen LogP contribution in [0, 0.1) is 0 Å². The Morgan fingerprint density at radius 2 is 1.62 bits per heavy atom. The molecular formula is C18H15ClN4O2S. The summed E-state index contributed by atoms with van der Waals surface area (Å²) in [6.45, 7) is 1.96. The van der Waals surface area contributed by atoms with E-state index in [-0.39, 0.29) is 11.8 Å². The van der Waals surface area contributed by atoms with E-state index in [1.165, 1.54) is 11.3 Å². The van der Waals surface area contributed by atoms with Gasteiger partial charge in [-0.05, 0) is 30.7 Å². The predicted octanol–water partition coefficient (Wildman–Crippen LogP) is 4.26. The third kappa shape index (κ3) is 4.07. The number of para-hydroxylation sites is 1. The highest BCUT2D eigenvalue weighted by Crippen LogP contribution is 2.22. The second kappa shape index (κ2) is 8.07. The number of hydrogen-bond acceptors (Lipinski definition) is 5. The topological polar surface area (TPSA) is 84.0 Å². The lowest BCUT2D eigenvalue weighted by Gasteiger charge is -2.11. The number of aromatic nitrogens is 2.